The van der Waals surface area contributed by atoms with E-state index in [1.165, 1.54) is 6.07 Å². The molecule has 1 N–H and O–H groups in total. The number of rotatable bonds is 2. The van der Waals surface area contributed by atoms with Crippen molar-refractivity contribution in [2.45, 2.75) is 6.54 Å². The predicted octanol–water partition coefficient (Wildman–Crippen LogP) is 1.00. The highest BCUT2D eigenvalue weighted by Gasteiger charge is 2.22. The maximum absolute atomic E-state index is 14.0. The van der Waals surface area contributed by atoms with Crippen LogP contribution in [0.5, 0.6) is 11.5 Å². The topological polar surface area (TPSA) is 33.7 Å². The van der Waals surface area contributed by atoms with Gasteiger partial charge in [0.05, 0.1) is 0 Å². The van der Waals surface area contributed by atoms with Crippen molar-refractivity contribution in [3.63, 3.8) is 0 Å². The molecule has 0 aliphatic carbocycles. The second-order valence-electron chi connectivity index (χ2n) is 4.58. The van der Waals surface area contributed by atoms with E-state index >= 15 is 0 Å². The van der Waals surface area contributed by atoms with Gasteiger partial charge in [0.25, 0.3) is 0 Å². The summed E-state index contributed by atoms with van der Waals surface area (Å²) in [5.41, 5.74) is 0.620. The van der Waals surface area contributed by atoms with Gasteiger partial charge in [-0.05, 0) is 12.1 Å². The van der Waals surface area contributed by atoms with Crippen LogP contribution in [0.15, 0.2) is 12.1 Å². The van der Waals surface area contributed by atoms with Gasteiger partial charge in [-0.15, -0.1) is 0 Å². The third kappa shape index (κ3) is 2.28. The van der Waals surface area contributed by atoms with E-state index in [2.05, 4.69) is 10.2 Å². The fourth-order valence-corrected chi connectivity index (χ4v) is 2.39. The SMILES string of the molecule is Fc1ccc2c(c1CN1CCNCC1)OCCO2. The average Bonchev–Trinajstić information content (AvgIpc) is 2.43. The van der Waals surface area contributed by atoms with Crippen LogP contribution < -0.4 is 14.8 Å². The zero-order valence-electron chi connectivity index (χ0n) is 10.2. The number of benzene rings is 1. The first-order valence-corrected chi connectivity index (χ1v) is 6.34. The minimum absolute atomic E-state index is 0.210. The molecule has 98 valence electrons. The van der Waals surface area contributed by atoms with Crippen LogP contribution in [0.25, 0.3) is 0 Å². The van der Waals surface area contributed by atoms with Gasteiger partial charge in [0.15, 0.2) is 11.5 Å². The second kappa shape index (κ2) is 5.12. The zero-order valence-corrected chi connectivity index (χ0v) is 10.2. The second-order valence-corrected chi connectivity index (χ2v) is 4.58. The summed E-state index contributed by atoms with van der Waals surface area (Å²) in [5, 5.41) is 3.29. The number of nitrogens with one attached hydrogen (secondary N) is 1. The third-order valence-electron chi connectivity index (χ3n) is 3.35. The molecule has 18 heavy (non-hydrogen) atoms. The van der Waals surface area contributed by atoms with E-state index in [0.29, 0.717) is 36.8 Å². The molecule has 0 saturated carbocycles. The van der Waals surface area contributed by atoms with E-state index in [1.807, 2.05) is 0 Å². The van der Waals surface area contributed by atoms with Crippen molar-refractivity contribution in [1.29, 1.82) is 0 Å². The molecule has 2 aliphatic heterocycles. The Hall–Kier alpha value is -1.33. The Balaban J connectivity index is 1.85. The quantitative estimate of drug-likeness (QED) is 0.851. The van der Waals surface area contributed by atoms with Gasteiger partial charge in [-0.25, -0.2) is 4.39 Å². The maximum Gasteiger partial charge on any atom is 0.168 e. The molecule has 3 rings (SSSR count). The minimum atomic E-state index is -0.210. The smallest absolute Gasteiger partial charge is 0.168 e. The first-order valence-electron chi connectivity index (χ1n) is 6.34. The van der Waals surface area contributed by atoms with E-state index < -0.39 is 0 Å². The molecule has 0 unspecified atom stereocenters. The largest absolute Gasteiger partial charge is 0.486 e. The molecule has 1 saturated heterocycles. The Labute approximate surface area is 106 Å². The number of halogens is 1. The molecule has 4 nitrogen and oxygen atoms in total. The molecule has 0 radical (unpaired) electrons. The first-order chi connectivity index (χ1) is 8.84. The lowest BCUT2D eigenvalue weighted by Crippen LogP contribution is -2.43. The fourth-order valence-electron chi connectivity index (χ4n) is 2.39. The van der Waals surface area contributed by atoms with Crippen LogP contribution in [0.4, 0.5) is 4.39 Å². The molecule has 1 aromatic rings. The Kier molecular flexibility index (Phi) is 3.34. The van der Waals surface area contributed by atoms with Crippen molar-refractivity contribution < 1.29 is 13.9 Å². The average molecular weight is 252 g/mol. The summed E-state index contributed by atoms with van der Waals surface area (Å²) in [7, 11) is 0. The minimum Gasteiger partial charge on any atom is -0.486 e. The molecular weight excluding hydrogens is 235 g/mol. The molecule has 0 amide bonds. The van der Waals surface area contributed by atoms with Crippen molar-refractivity contribution in [1.82, 2.24) is 10.2 Å². The number of nitrogens with zero attached hydrogens (tertiary/aromatic N) is 1. The maximum atomic E-state index is 14.0. The van der Waals surface area contributed by atoms with Gasteiger partial charge in [-0.2, -0.15) is 0 Å². The third-order valence-corrected chi connectivity index (χ3v) is 3.35. The summed E-state index contributed by atoms with van der Waals surface area (Å²) >= 11 is 0. The van der Waals surface area contributed by atoms with E-state index in [1.54, 1.807) is 6.07 Å². The molecule has 0 atom stereocenters. The van der Waals surface area contributed by atoms with Crippen molar-refractivity contribution in [3.8, 4) is 11.5 Å². The summed E-state index contributed by atoms with van der Waals surface area (Å²) in [6, 6.07) is 3.11. The summed E-state index contributed by atoms with van der Waals surface area (Å²) < 4.78 is 25.0. The van der Waals surface area contributed by atoms with Gasteiger partial charge >= 0.3 is 0 Å². The van der Waals surface area contributed by atoms with E-state index in [4.69, 9.17) is 9.47 Å². The number of hydrogen-bond donors (Lipinski definition) is 1. The standard InChI is InChI=1S/C13H17FN2O2/c14-11-1-2-12-13(18-8-7-17-12)10(11)9-16-5-3-15-4-6-16/h1-2,15H,3-9H2. The van der Waals surface area contributed by atoms with Crippen molar-refractivity contribution >= 4 is 0 Å². The molecule has 2 aliphatic rings. The lowest BCUT2D eigenvalue weighted by Gasteiger charge is -2.29. The molecule has 0 bridgehead atoms. The summed E-state index contributed by atoms with van der Waals surface area (Å²) in [6.07, 6.45) is 0. The van der Waals surface area contributed by atoms with Crippen molar-refractivity contribution in [3.05, 3.63) is 23.5 Å². The molecule has 0 aromatic heterocycles. The van der Waals surface area contributed by atoms with Crippen molar-refractivity contribution in [2.24, 2.45) is 0 Å². The highest BCUT2D eigenvalue weighted by molar-refractivity contribution is 5.48. The number of hydrogen-bond acceptors (Lipinski definition) is 4. The predicted molar refractivity (Wildman–Crippen MR) is 65.5 cm³/mol. The van der Waals surface area contributed by atoms with Gasteiger partial charge in [0.2, 0.25) is 0 Å². The Morgan fingerprint density at radius 1 is 1.17 bits per heavy atom. The Morgan fingerprint density at radius 2 is 1.94 bits per heavy atom. The molecule has 5 heteroatoms. The molecule has 1 fully saturated rings. The van der Waals surface area contributed by atoms with Crippen LogP contribution >= 0.6 is 0 Å². The van der Waals surface area contributed by atoms with E-state index in [-0.39, 0.29) is 5.82 Å². The highest BCUT2D eigenvalue weighted by atomic mass is 19.1. The molecular formula is C13H17FN2O2. The van der Waals surface area contributed by atoms with Gasteiger partial charge in [-0.1, -0.05) is 0 Å². The number of fused-ring (bicyclic) bond motifs is 1. The monoisotopic (exact) mass is 252 g/mol. The van der Waals surface area contributed by atoms with Gasteiger partial charge in [0, 0.05) is 38.3 Å². The normalized spacial score (nSPS) is 19.8. The van der Waals surface area contributed by atoms with Crippen molar-refractivity contribution in [2.75, 3.05) is 39.4 Å². The first kappa shape index (κ1) is 11.7. The molecule has 0 spiro atoms. The van der Waals surface area contributed by atoms with E-state index in [9.17, 15) is 4.39 Å². The number of ether oxygens (including phenoxy) is 2. The highest BCUT2D eigenvalue weighted by Crippen LogP contribution is 2.36. The zero-order chi connectivity index (χ0) is 12.4. The van der Waals surface area contributed by atoms with Crippen LogP contribution in [-0.4, -0.2) is 44.3 Å². The Morgan fingerprint density at radius 3 is 2.78 bits per heavy atom. The van der Waals surface area contributed by atoms with Crippen LogP contribution in [-0.2, 0) is 6.54 Å². The lowest BCUT2D eigenvalue weighted by molar-refractivity contribution is 0.163. The van der Waals surface area contributed by atoms with E-state index in [0.717, 1.165) is 26.2 Å². The number of piperazine rings is 1. The molecule has 2 heterocycles. The van der Waals surface area contributed by atoms with Crippen LogP contribution in [0.3, 0.4) is 0 Å². The summed E-state index contributed by atoms with van der Waals surface area (Å²) in [4.78, 5) is 2.23. The summed E-state index contributed by atoms with van der Waals surface area (Å²) in [6.45, 7) is 5.38. The summed E-state index contributed by atoms with van der Waals surface area (Å²) in [5.74, 6) is 1.03. The van der Waals surface area contributed by atoms with Crippen LogP contribution in [0.1, 0.15) is 5.56 Å². The van der Waals surface area contributed by atoms with Crippen LogP contribution in [0, 0.1) is 5.82 Å². The van der Waals surface area contributed by atoms with Gasteiger partial charge in [0.1, 0.15) is 19.0 Å². The van der Waals surface area contributed by atoms with Gasteiger partial charge < -0.3 is 14.8 Å². The molecule has 1 aromatic carbocycles. The fraction of sp³-hybridized carbons (Fsp3) is 0.538. The van der Waals surface area contributed by atoms with Crippen LogP contribution in [0.2, 0.25) is 0 Å². The lowest BCUT2D eigenvalue weighted by atomic mass is 10.1. The Bertz CT molecular complexity index is 433. The van der Waals surface area contributed by atoms with Gasteiger partial charge in [-0.3, -0.25) is 4.90 Å².